The molecule has 0 bridgehead atoms. The Kier molecular flexibility index (Phi) is 4.46. The normalized spacial score (nSPS) is 11.6. The molecule has 0 saturated heterocycles. The van der Waals surface area contributed by atoms with Gasteiger partial charge in [0.05, 0.1) is 5.56 Å². The first-order valence-electron chi connectivity index (χ1n) is 5.45. The SMILES string of the molecule is CCCC(Nc1nccc(C)c1C#N)C(=O)O. The lowest BCUT2D eigenvalue weighted by atomic mass is 10.1. The smallest absolute Gasteiger partial charge is 0.326 e. The molecule has 90 valence electrons. The van der Waals surface area contributed by atoms with Gasteiger partial charge in [-0.1, -0.05) is 13.3 Å². The van der Waals surface area contributed by atoms with Crippen LogP contribution < -0.4 is 5.32 Å². The van der Waals surface area contributed by atoms with Gasteiger partial charge in [0.25, 0.3) is 0 Å². The van der Waals surface area contributed by atoms with Gasteiger partial charge in [0, 0.05) is 6.20 Å². The van der Waals surface area contributed by atoms with E-state index in [1.54, 1.807) is 19.2 Å². The number of nitrogens with zero attached hydrogens (tertiary/aromatic N) is 2. The van der Waals surface area contributed by atoms with Crippen LogP contribution in [-0.4, -0.2) is 22.1 Å². The summed E-state index contributed by atoms with van der Waals surface area (Å²) in [6.07, 6.45) is 2.80. The van der Waals surface area contributed by atoms with Crippen molar-refractivity contribution in [2.75, 3.05) is 5.32 Å². The second kappa shape index (κ2) is 5.85. The van der Waals surface area contributed by atoms with Crippen LogP contribution in [0.3, 0.4) is 0 Å². The first-order valence-corrected chi connectivity index (χ1v) is 5.45. The van der Waals surface area contributed by atoms with E-state index in [1.165, 1.54) is 0 Å². The van der Waals surface area contributed by atoms with Crippen molar-refractivity contribution in [3.63, 3.8) is 0 Å². The average Bonchev–Trinajstić information content (AvgIpc) is 2.28. The number of nitriles is 1. The number of aryl methyl sites for hydroxylation is 1. The summed E-state index contributed by atoms with van der Waals surface area (Å²) in [5, 5.41) is 20.8. The second-order valence-electron chi connectivity index (χ2n) is 3.79. The molecule has 0 aliphatic rings. The van der Waals surface area contributed by atoms with E-state index in [0.717, 1.165) is 12.0 Å². The molecule has 5 nitrogen and oxygen atoms in total. The first-order chi connectivity index (χ1) is 8.10. The van der Waals surface area contributed by atoms with Crippen molar-refractivity contribution in [1.82, 2.24) is 4.98 Å². The maximum atomic E-state index is 11.0. The van der Waals surface area contributed by atoms with Crippen LogP contribution in [0.2, 0.25) is 0 Å². The molecule has 0 saturated carbocycles. The molecule has 0 spiro atoms. The van der Waals surface area contributed by atoms with Crippen molar-refractivity contribution in [1.29, 1.82) is 5.26 Å². The molecule has 17 heavy (non-hydrogen) atoms. The average molecular weight is 233 g/mol. The summed E-state index contributed by atoms with van der Waals surface area (Å²) in [6.45, 7) is 3.70. The van der Waals surface area contributed by atoms with E-state index in [-0.39, 0.29) is 0 Å². The molecule has 1 rings (SSSR count). The van der Waals surface area contributed by atoms with Crippen LogP contribution in [0.4, 0.5) is 5.82 Å². The number of carboxylic acid groups (broad SMARTS) is 1. The highest BCUT2D eigenvalue weighted by atomic mass is 16.4. The van der Waals surface area contributed by atoms with Crippen LogP contribution in [0.25, 0.3) is 0 Å². The summed E-state index contributed by atoms with van der Waals surface area (Å²) in [6, 6.07) is 3.05. The van der Waals surface area contributed by atoms with Gasteiger partial charge in [-0.3, -0.25) is 0 Å². The number of pyridine rings is 1. The Balaban J connectivity index is 2.97. The fraction of sp³-hybridized carbons (Fsp3) is 0.417. The van der Waals surface area contributed by atoms with Crippen LogP contribution in [0.1, 0.15) is 30.9 Å². The number of hydrogen-bond donors (Lipinski definition) is 2. The van der Waals surface area contributed by atoms with Crippen molar-refractivity contribution < 1.29 is 9.90 Å². The zero-order valence-corrected chi connectivity index (χ0v) is 9.90. The number of nitrogens with one attached hydrogen (secondary N) is 1. The highest BCUT2D eigenvalue weighted by molar-refractivity contribution is 5.77. The van der Waals surface area contributed by atoms with E-state index >= 15 is 0 Å². The third-order valence-electron chi connectivity index (χ3n) is 2.46. The predicted octanol–water partition coefficient (Wildman–Crippen LogP) is 1.93. The van der Waals surface area contributed by atoms with Gasteiger partial charge in [0.2, 0.25) is 0 Å². The van der Waals surface area contributed by atoms with E-state index in [2.05, 4.69) is 10.3 Å². The van der Waals surface area contributed by atoms with Crippen molar-refractivity contribution in [2.45, 2.75) is 32.7 Å². The van der Waals surface area contributed by atoms with Gasteiger partial charge in [-0.2, -0.15) is 5.26 Å². The highest BCUT2D eigenvalue weighted by Crippen LogP contribution is 2.17. The van der Waals surface area contributed by atoms with Crippen LogP contribution in [0.15, 0.2) is 12.3 Å². The van der Waals surface area contributed by atoms with Crippen LogP contribution >= 0.6 is 0 Å². The third kappa shape index (κ3) is 3.18. The summed E-state index contributed by atoms with van der Waals surface area (Å²) >= 11 is 0. The third-order valence-corrected chi connectivity index (χ3v) is 2.46. The minimum absolute atomic E-state index is 0.341. The number of anilines is 1. The zero-order chi connectivity index (χ0) is 12.8. The maximum Gasteiger partial charge on any atom is 0.326 e. The fourth-order valence-electron chi connectivity index (χ4n) is 1.52. The Hall–Kier alpha value is -2.09. The van der Waals surface area contributed by atoms with Crippen LogP contribution in [0.5, 0.6) is 0 Å². The number of hydrogen-bond acceptors (Lipinski definition) is 4. The topological polar surface area (TPSA) is 86.0 Å². The Morgan fingerprint density at radius 1 is 1.71 bits per heavy atom. The van der Waals surface area contributed by atoms with Crippen LogP contribution in [-0.2, 0) is 4.79 Å². The molecule has 2 N–H and O–H groups in total. The summed E-state index contributed by atoms with van der Waals surface area (Å²) in [5.74, 6) is -0.590. The van der Waals surface area contributed by atoms with E-state index < -0.39 is 12.0 Å². The molecule has 1 aromatic rings. The second-order valence-corrected chi connectivity index (χ2v) is 3.79. The van der Waals surface area contributed by atoms with Crippen LogP contribution in [0, 0.1) is 18.3 Å². The summed E-state index contributed by atoms with van der Waals surface area (Å²) in [5.41, 5.74) is 1.18. The molecule has 1 aromatic heterocycles. The summed E-state index contributed by atoms with van der Waals surface area (Å²) in [4.78, 5) is 15.0. The minimum atomic E-state index is -0.931. The monoisotopic (exact) mass is 233 g/mol. The van der Waals surface area contributed by atoms with Crippen molar-refractivity contribution in [2.24, 2.45) is 0 Å². The number of aromatic nitrogens is 1. The molecule has 0 aromatic carbocycles. The molecule has 1 atom stereocenters. The summed E-state index contributed by atoms with van der Waals surface area (Å²) < 4.78 is 0. The van der Waals surface area contributed by atoms with Crippen molar-refractivity contribution in [3.8, 4) is 6.07 Å². The largest absolute Gasteiger partial charge is 0.480 e. The molecule has 1 heterocycles. The Morgan fingerprint density at radius 3 is 2.94 bits per heavy atom. The van der Waals surface area contributed by atoms with Gasteiger partial charge >= 0.3 is 5.97 Å². The molecule has 0 fully saturated rings. The molecule has 0 aliphatic carbocycles. The van der Waals surface area contributed by atoms with E-state index in [4.69, 9.17) is 10.4 Å². The molecule has 0 radical (unpaired) electrons. The maximum absolute atomic E-state index is 11.0. The lowest BCUT2D eigenvalue weighted by molar-refractivity contribution is -0.138. The van der Waals surface area contributed by atoms with Gasteiger partial charge in [0.15, 0.2) is 0 Å². The summed E-state index contributed by atoms with van der Waals surface area (Å²) in [7, 11) is 0. The minimum Gasteiger partial charge on any atom is -0.480 e. The van der Waals surface area contributed by atoms with Gasteiger partial charge in [0.1, 0.15) is 17.9 Å². The molecular weight excluding hydrogens is 218 g/mol. The van der Waals surface area contributed by atoms with Gasteiger partial charge in [-0.25, -0.2) is 9.78 Å². The quantitative estimate of drug-likeness (QED) is 0.811. The molecule has 0 amide bonds. The van der Waals surface area contributed by atoms with Crippen molar-refractivity contribution >= 4 is 11.8 Å². The van der Waals surface area contributed by atoms with E-state index in [1.807, 2.05) is 13.0 Å². The Bertz CT molecular complexity index is 452. The zero-order valence-electron chi connectivity index (χ0n) is 9.90. The molecule has 5 heteroatoms. The number of carboxylic acids is 1. The number of carbonyl (C=O) groups is 1. The van der Waals surface area contributed by atoms with Gasteiger partial charge in [-0.15, -0.1) is 0 Å². The molecule has 1 unspecified atom stereocenters. The molecular formula is C12H15N3O2. The van der Waals surface area contributed by atoms with E-state index in [9.17, 15) is 4.79 Å². The Labute approximate surface area is 100 Å². The van der Waals surface area contributed by atoms with Crippen molar-refractivity contribution in [3.05, 3.63) is 23.4 Å². The highest BCUT2D eigenvalue weighted by Gasteiger charge is 2.18. The van der Waals surface area contributed by atoms with E-state index in [0.29, 0.717) is 17.8 Å². The van der Waals surface area contributed by atoms with Gasteiger partial charge < -0.3 is 10.4 Å². The molecule has 0 aliphatic heterocycles. The lowest BCUT2D eigenvalue weighted by Gasteiger charge is -2.15. The lowest BCUT2D eigenvalue weighted by Crippen LogP contribution is -2.29. The number of rotatable bonds is 5. The number of aliphatic carboxylic acids is 1. The first kappa shape index (κ1) is 13.0. The fourth-order valence-corrected chi connectivity index (χ4v) is 1.52. The van der Waals surface area contributed by atoms with Gasteiger partial charge in [-0.05, 0) is 25.0 Å². The standard InChI is InChI=1S/C12H15N3O2/c1-3-4-10(12(16)17)15-11-9(7-13)8(2)5-6-14-11/h5-6,10H,3-4H2,1-2H3,(H,14,15)(H,16,17). The Morgan fingerprint density at radius 2 is 2.41 bits per heavy atom. The predicted molar refractivity (Wildman–Crippen MR) is 63.6 cm³/mol.